The molecule has 4 heteroatoms. The third kappa shape index (κ3) is 4.13. The van der Waals surface area contributed by atoms with Gasteiger partial charge in [-0.15, -0.1) is 0 Å². The van der Waals surface area contributed by atoms with Crippen molar-refractivity contribution < 1.29 is 14.7 Å². The molecule has 2 N–H and O–H groups in total. The summed E-state index contributed by atoms with van der Waals surface area (Å²) in [6.07, 6.45) is 1.98. The van der Waals surface area contributed by atoms with E-state index < -0.39 is 11.9 Å². The van der Waals surface area contributed by atoms with Gasteiger partial charge in [0, 0.05) is 6.54 Å². The Kier molecular flexibility index (Phi) is 5.66. The predicted molar refractivity (Wildman–Crippen MR) is 118 cm³/mol. The normalized spacial score (nSPS) is 12.7. The number of hydrogen-bond acceptors (Lipinski definition) is 2. The first-order chi connectivity index (χ1) is 14.5. The Morgan fingerprint density at radius 2 is 1.70 bits per heavy atom. The SMILES string of the molecule is CC(C(=O)O)c1ccc(CCNC(=O)Cc2cccc3c2Cc2ccccc2-3)cc1. The van der Waals surface area contributed by atoms with Crippen LogP contribution in [0.1, 0.15) is 40.7 Å². The number of carboxylic acid groups (broad SMARTS) is 1. The molecular weight excluding hydrogens is 374 g/mol. The fourth-order valence-electron chi connectivity index (χ4n) is 4.09. The van der Waals surface area contributed by atoms with Crippen LogP contribution in [0.2, 0.25) is 0 Å². The number of benzene rings is 3. The van der Waals surface area contributed by atoms with E-state index in [1.807, 2.05) is 36.4 Å². The van der Waals surface area contributed by atoms with Gasteiger partial charge in [-0.1, -0.05) is 66.7 Å². The molecule has 0 saturated carbocycles. The highest BCUT2D eigenvalue weighted by atomic mass is 16.4. The molecule has 4 nitrogen and oxygen atoms in total. The van der Waals surface area contributed by atoms with Crippen LogP contribution in [-0.4, -0.2) is 23.5 Å². The quantitative estimate of drug-likeness (QED) is 0.486. The third-order valence-corrected chi connectivity index (χ3v) is 5.88. The second-order valence-corrected chi connectivity index (χ2v) is 7.86. The van der Waals surface area contributed by atoms with Crippen LogP contribution < -0.4 is 5.32 Å². The van der Waals surface area contributed by atoms with Gasteiger partial charge in [-0.2, -0.15) is 0 Å². The van der Waals surface area contributed by atoms with Gasteiger partial charge >= 0.3 is 5.97 Å². The van der Waals surface area contributed by atoms with Crippen LogP contribution in [0.4, 0.5) is 0 Å². The molecular formula is C26H25NO3. The van der Waals surface area contributed by atoms with Crippen molar-refractivity contribution in [1.82, 2.24) is 5.32 Å². The topological polar surface area (TPSA) is 66.4 Å². The van der Waals surface area contributed by atoms with Crippen LogP contribution in [0, 0.1) is 0 Å². The van der Waals surface area contributed by atoms with Gasteiger partial charge in [0.15, 0.2) is 0 Å². The number of carbonyl (C=O) groups excluding carboxylic acids is 1. The first-order valence-electron chi connectivity index (χ1n) is 10.3. The minimum absolute atomic E-state index is 0.0236. The van der Waals surface area contributed by atoms with E-state index >= 15 is 0 Å². The van der Waals surface area contributed by atoms with Crippen molar-refractivity contribution in [1.29, 1.82) is 0 Å². The average molecular weight is 399 g/mol. The van der Waals surface area contributed by atoms with E-state index in [0.717, 1.165) is 23.1 Å². The Hall–Kier alpha value is -3.40. The molecule has 0 heterocycles. The molecule has 0 saturated heterocycles. The molecule has 0 aliphatic heterocycles. The highest BCUT2D eigenvalue weighted by Crippen LogP contribution is 2.38. The van der Waals surface area contributed by atoms with Gasteiger partial charge in [-0.05, 0) is 58.7 Å². The van der Waals surface area contributed by atoms with Crippen LogP contribution >= 0.6 is 0 Å². The Labute approximate surface area is 176 Å². The number of amides is 1. The van der Waals surface area contributed by atoms with Crippen molar-refractivity contribution in [3.05, 3.63) is 94.5 Å². The molecule has 3 aromatic carbocycles. The van der Waals surface area contributed by atoms with Gasteiger partial charge in [-0.3, -0.25) is 9.59 Å². The molecule has 0 fully saturated rings. The third-order valence-electron chi connectivity index (χ3n) is 5.88. The summed E-state index contributed by atoms with van der Waals surface area (Å²) in [5.74, 6) is -1.32. The van der Waals surface area contributed by atoms with Crippen molar-refractivity contribution in [2.75, 3.05) is 6.54 Å². The Morgan fingerprint density at radius 3 is 2.47 bits per heavy atom. The monoisotopic (exact) mass is 399 g/mol. The predicted octanol–water partition coefficient (Wildman–Crippen LogP) is 4.35. The molecule has 3 aromatic rings. The molecule has 0 spiro atoms. The summed E-state index contributed by atoms with van der Waals surface area (Å²) < 4.78 is 0. The maximum atomic E-state index is 12.5. The van der Waals surface area contributed by atoms with Gasteiger partial charge in [-0.25, -0.2) is 0 Å². The second kappa shape index (κ2) is 8.54. The molecule has 152 valence electrons. The molecule has 1 aliphatic rings. The molecule has 0 bridgehead atoms. The lowest BCUT2D eigenvalue weighted by molar-refractivity contribution is -0.138. The summed E-state index contributed by atoms with van der Waals surface area (Å²) in [6, 6.07) is 22.2. The highest BCUT2D eigenvalue weighted by Gasteiger charge is 2.21. The number of nitrogens with one attached hydrogen (secondary N) is 1. The fourth-order valence-corrected chi connectivity index (χ4v) is 4.09. The summed E-state index contributed by atoms with van der Waals surface area (Å²) in [7, 11) is 0. The summed E-state index contributed by atoms with van der Waals surface area (Å²) in [5.41, 5.74) is 8.05. The summed E-state index contributed by atoms with van der Waals surface area (Å²) >= 11 is 0. The van der Waals surface area contributed by atoms with E-state index in [0.29, 0.717) is 19.4 Å². The first kappa shape index (κ1) is 19.9. The summed E-state index contributed by atoms with van der Waals surface area (Å²) in [6.45, 7) is 2.23. The smallest absolute Gasteiger partial charge is 0.310 e. The number of aliphatic carboxylic acids is 1. The van der Waals surface area contributed by atoms with Crippen molar-refractivity contribution in [2.24, 2.45) is 0 Å². The lowest BCUT2D eigenvalue weighted by Crippen LogP contribution is -2.27. The minimum atomic E-state index is -0.828. The zero-order valence-electron chi connectivity index (χ0n) is 17.0. The zero-order valence-corrected chi connectivity index (χ0v) is 17.0. The number of rotatable bonds is 7. The van der Waals surface area contributed by atoms with Crippen LogP contribution in [0.3, 0.4) is 0 Å². The van der Waals surface area contributed by atoms with Gasteiger partial charge in [0.05, 0.1) is 12.3 Å². The van der Waals surface area contributed by atoms with Gasteiger partial charge in [0.1, 0.15) is 0 Å². The van der Waals surface area contributed by atoms with Gasteiger partial charge in [0.2, 0.25) is 5.91 Å². The maximum Gasteiger partial charge on any atom is 0.310 e. The standard InChI is InChI=1S/C26H25NO3/c1-17(26(29)30)19-11-9-18(10-12-19)13-14-27-25(28)16-21-6-4-8-23-22-7-3-2-5-20(22)15-24(21)23/h2-12,17H,13-16H2,1H3,(H,27,28)(H,29,30). The van der Waals surface area contributed by atoms with E-state index in [1.165, 1.54) is 22.3 Å². The molecule has 1 aliphatic carbocycles. The van der Waals surface area contributed by atoms with Crippen LogP contribution in [-0.2, 0) is 28.9 Å². The highest BCUT2D eigenvalue weighted by molar-refractivity contribution is 5.83. The largest absolute Gasteiger partial charge is 0.481 e. The van der Waals surface area contributed by atoms with E-state index in [2.05, 4.69) is 35.6 Å². The van der Waals surface area contributed by atoms with Crippen LogP contribution in [0.25, 0.3) is 11.1 Å². The minimum Gasteiger partial charge on any atom is -0.481 e. The van der Waals surface area contributed by atoms with Crippen molar-refractivity contribution in [3.8, 4) is 11.1 Å². The lowest BCUT2D eigenvalue weighted by Gasteiger charge is -2.10. The number of fused-ring (bicyclic) bond motifs is 3. The molecule has 30 heavy (non-hydrogen) atoms. The summed E-state index contributed by atoms with van der Waals surface area (Å²) in [4.78, 5) is 23.6. The Bertz CT molecular complexity index is 1090. The van der Waals surface area contributed by atoms with Crippen molar-refractivity contribution >= 4 is 11.9 Å². The average Bonchev–Trinajstić information content (AvgIpc) is 3.13. The van der Waals surface area contributed by atoms with E-state index in [9.17, 15) is 9.59 Å². The van der Waals surface area contributed by atoms with E-state index in [1.54, 1.807) is 6.92 Å². The first-order valence-corrected chi connectivity index (χ1v) is 10.3. The fraction of sp³-hybridized carbons (Fsp3) is 0.231. The lowest BCUT2D eigenvalue weighted by atomic mass is 9.98. The molecule has 1 atom stereocenters. The molecule has 4 rings (SSSR count). The summed E-state index contributed by atoms with van der Waals surface area (Å²) in [5, 5.41) is 12.1. The van der Waals surface area contributed by atoms with E-state index in [4.69, 9.17) is 5.11 Å². The number of hydrogen-bond donors (Lipinski definition) is 2. The molecule has 0 aromatic heterocycles. The Balaban J connectivity index is 1.33. The molecule has 0 radical (unpaired) electrons. The van der Waals surface area contributed by atoms with Crippen molar-refractivity contribution in [3.63, 3.8) is 0 Å². The van der Waals surface area contributed by atoms with Crippen LogP contribution in [0.5, 0.6) is 0 Å². The number of carbonyl (C=O) groups is 2. The van der Waals surface area contributed by atoms with Gasteiger partial charge in [0.25, 0.3) is 0 Å². The van der Waals surface area contributed by atoms with Crippen molar-refractivity contribution in [2.45, 2.75) is 32.1 Å². The molecule has 1 unspecified atom stereocenters. The Morgan fingerprint density at radius 1 is 0.967 bits per heavy atom. The number of carboxylic acids is 1. The second-order valence-electron chi connectivity index (χ2n) is 7.86. The van der Waals surface area contributed by atoms with Crippen LogP contribution in [0.15, 0.2) is 66.7 Å². The molecule has 1 amide bonds. The zero-order chi connectivity index (χ0) is 21.1. The maximum absolute atomic E-state index is 12.5. The van der Waals surface area contributed by atoms with E-state index in [-0.39, 0.29) is 5.91 Å². The van der Waals surface area contributed by atoms with Gasteiger partial charge < -0.3 is 10.4 Å².